The quantitative estimate of drug-likeness (QED) is 0.475. The third-order valence-electron chi connectivity index (χ3n) is 5.91. The number of carbonyl (C=O) groups is 1. The Labute approximate surface area is 196 Å². The van der Waals surface area contributed by atoms with E-state index >= 15 is 0 Å². The summed E-state index contributed by atoms with van der Waals surface area (Å²) in [7, 11) is 0. The van der Waals surface area contributed by atoms with E-state index < -0.39 is 0 Å². The van der Waals surface area contributed by atoms with Gasteiger partial charge in [0.2, 0.25) is 5.95 Å². The molecule has 1 fully saturated rings. The van der Waals surface area contributed by atoms with Gasteiger partial charge in [-0.2, -0.15) is 0 Å². The molecular weight excluding hydrogens is 436 g/mol. The summed E-state index contributed by atoms with van der Waals surface area (Å²) < 4.78 is 1.67. The van der Waals surface area contributed by atoms with Crippen molar-refractivity contribution in [2.24, 2.45) is 0 Å². The van der Waals surface area contributed by atoms with Crippen LogP contribution < -0.4 is 15.8 Å². The summed E-state index contributed by atoms with van der Waals surface area (Å²) in [6, 6.07) is 22.0. The number of rotatable bonds is 5. The van der Waals surface area contributed by atoms with Gasteiger partial charge in [-0.05, 0) is 54.8 Å². The number of carbonyl (C=O) groups excluding carboxylic acids is 1. The fourth-order valence-corrected chi connectivity index (χ4v) is 4.38. The van der Waals surface area contributed by atoms with Gasteiger partial charge in [-0.15, -0.1) is 0 Å². The molecule has 0 spiro atoms. The molecule has 0 bridgehead atoms. The van der Waals surface area contributed by atoms with Gasteiger partial charge in [-0.25, -0.2) is 9.55 Å². The highest BCUT2D eigenvalue weighted by Crippen LogP contribution is 2.23. The molecule has 1 amide bonds. The van der Waals surface area contributed by atoms with Crippen LogP contribution in [0.3, 0.4) is 0 Å². The van der Waals surface area contributed by atoms with Crippen molar-refractivity contribution in [1.82, 2.24) is 14.9 Å². The third-order valence-corrected chi connectivity index (χ3v) is 6.28. The Morgan fingerprint density at radius 3 is 2.45 bits per heavy atom. The van der Waals surface area contributed by atoms with Crippen molar-refractivity contribution in [1.29, 1.82) is 0 Å². The van der Waals surface area contributed by atoms with Crippen LogP contribution in [0.2, 0.25) is 5.02 Å². The molecule has 0 radical (unpaired) electrons. The maximum absolute atomic E-state index is 13.5. The van der Waals surface area contributed by atoms with Crippen molar-refractivity contribution >= 4 is 34.4 Å². The fourth-order valence-electron chi connectivity index (χ4n) is 4.17. The first-order chi connectivity index (χ1) is 16.1. The molecule has 0 atom stereocenters. The van der Waals surface area contributed by atoms with Gasteiger partial charge >= 0.3 is 0 Å². The number of nitrogens with one attached hydrogen (secondary N) is 1. The number of halogens is 1. The highest BCUT2D eigenvalue weighted by atomic mass is 35.5. The van der Waals surface area contributed by atoms with Crippen LogP contribution in [0, 0.1) is 0 Å². The standard InChI is InChI=1S/C26H23ClN4O2/c27-22-11-5-4-8-19(22)17-28-24(32)18-12-13-21-23(16-18)29-26(30-14-6-7-15-30)31(25(21)33)20-9-2-1-3-10-20/h1-5,8-13,16H,6-7,14-15,17H2,(H,28,32). The lowest BCUT2D eigenvalue weighted by atomic mass is 10.1. The van der Waals surface area contributed by atoms with Crippen molar-refractivity contribution in [3.8, 4) is 5.69 Å². The van der Waals surface area contributed by atoms with E-state index in [1.54, 1.807) is 28.8 Å². The summed E-state index contributed by atoms with van der Waals surface area (Å²) in [5.74, 6) is 0.374. The second-order valence-electron chi connectivity index (χ2n) is 8.09. The number of fused-ring (bicyclic) bond motifs is 1. The first kappa shape index (κ1) is 21.2. The molecule has 5 rings (SSSR count). The molecule has 2 heterocycles. The molecule has 0 unspecified atom stereocenters. The number of benzene rings is 3. The third kappa shape index (κ3) is 4.22. The summed E-state index contributed by atoms with van der Waals surface area (Å²) in [4.78, 5) is 33.3. The largest absolute Gasteiger partial charge is 0.348 e. The maximum Gasteiger partial charge on any atom is 0.267 e. The number of hydrogen-bond donors (Lipinski definition) is 1. The summed E-state index contributed by atoms with van der Waals surface area (Å²) in [6.45, 7) is 2.02. The van der Waals surface area contributed by atoms with E-state index in [-0.39, 0.29) is 11.5 Å². The molecule has 1 aliphatic rings. The Balaban J connectivity index is 1.53. The van der Waals surface area contributed by atoms with Crippen molar-refractivity contribution in [3.05, 3.63) is 99.3 Å². The Morgan fingerprint density at radius 2 is 1.70 bits per heavy atom. The number of hydrogen-bond acceptors (Lipinski definition) is 4. The number of para-hydroxylation sites is 1. The van der Waals surface area contributed by atoms with Crippen LogP contribution in [0.1, 0.15) is 28.8 Å². The highest BCUT2D eigenvalue weighted by Gasteiger charge is 2.21. The predicted octanol–water partition coefficient (Wildman–Crippen LogP) is 4.57. The van der Waals surface area contributed by atoms with Gasteiger partial charge in [0, 0.05) is 30.2 Å². The molecule has 1 saturated heterocycles. The number of aromatic nitrogens is 2. The summed E-state index contributed by atoms with van der Waals surface area (Å²) in [6.07, 6.45) is 2.13. The summed E-state index contributed by atoms with van der Waals surface area (Å²) in [5.41, 5.74) is 2.44. The van der Waals surface area contributed by atoms with Crippen molar-refractivity contribution in [2.45, 2.75) is 19.4 Å². The Kier molecular flexibility index (Phi) is 5.84. The smallest absolute Gasteiger partial charge is 0.267 e. The Morgan fingerprint density at radius 1 is 0.970 bits per heavy atom. The van der Waals surface area contributed by atoms with E-state index in [1.807, 2.05) is 48.5 Å². The van der Waals surface area contributed by atoms with Crippen LogP contribution in [0.25, 0.3) is 16.6 Å². The zero-order valence-electron chi connectivity index (χ0n) is 18.0. The molecule has 166 valence electrons. The second-order valence-corrected chi connectivity index (χ2v) is 8.50. The minimum absolute atomic E-state index is 0.142. The maximum atomic E-state index is 13.5. The van der Waals surface area contributed by atoms with Crippen LogP contribution in [-0.4, -0.2) is 28.5 Å². The van der Waals surface area contributed by atoms with Crippen molar-refractivity contribution in [2.75, 3.05) is 18.0 Å². The molecule has 4 aromatic rings. The molecule has 6 nitrogen and oxygen atoms in total. The minimum Gasteiger partial charge on any atom is -0.348 e. The van der Waals surface area contributed by atoms with E-state index in [2.05, 4.69) is 10.2 Å². The SMILES string of the molecule is O=C(NCc1ccccc1Cl)c1ccc2c(=O)n(-c3ccccc3)c(N3CCCC3)nc2c1. The van der Waals surface area contributed by atoms with E-state index in [1.165, 1.54) is 0 Å². The van der Waals surface area contributed by atoms with Crippen LogP contribution in [0.4, 0.5) is 5.95 Å². The fraction of sp³-hybridized carbons (Fsp3) is 0.192. The monoisotopic (exact) mass is 458 g/mol. The number of amides is 1. The first-order valence-corrected chi connectivity index (χ1v) is 11.4. The van der Waals surface area contributed by atoms with Gasteiger partial charge in [-0.3, -0.25) is 9.59 Å². The van der Waals surface area contributed by atoms with E-state index in [0.717, 1.165) is 37.2 Å². The average Bonchev–Trinajstić information content (AvgIpc) is 3.38. The first-order valence-electron chi connectivity index (χ1n) is 11.0. The van der Waals surface area contributed by atoms with Gasteiger partial charge < -0.3 is 10.2 Å². The average molecular weight is 459 g/mol. The lowest BCUT2D eigenvalue weighted by Crippen LogP contribution is -2.30. The molecule has 0 aliphatic carbocycles. The van der Waals surface area contributed by atoms with Crippen LogP contribution in [0.5, 0.6) is 0 Å². The zero-order valence-corrected chi connectivity index (χ0v) is 18.8. The van der Waals surface area contributed by atoms with Crippen molar-refractivity contribution < 1.29 is 4.79 Å². The van der Waals surface area contributed by atoms with Crippen molar-refractivity contribution in [3.63, 3.8) is 0 Å². The zero-order chi connectivity index (χ0) is 22.8. The van der Waals surface area contributed by atoms with Gasteiger partial charge in [0.1, 0.15) is 0 Å². The molecule has 1 aromatic heterocycles. The summed E-state index contributed by atoms with van der Waals surface area (Å²) >= 11 is 6.19. The molecule has 0 saturated carbocycles. The van der Waals surface area contributed by atoms with Gasteiger partial charge in [0.05, 0.1) is 16.6 Å². The molecule has 7 heteroatoms. The topological polar surface area (TPSA) is 67.2 Å². The Hall–Kier alpha value is -3.64. The highest BCUT2D eigenvalue weighted by molar-refractivity contribution is 6.31. The van der Waals surface area contributed by atoms with Gasteiger partial charge in [0.25, 0.3) is 11.5 Å². The van der Waals surface area contributed by atoms with Crippen LogP contribution >= 0.6 is 11.6 Å². The van der Waals surface area contributed by atoms with E-state index in [4.69, 9.17) is 16.6 Å². The number of nitrogens with zero attached hydrogens (tertiary/aromatic N) is 3. The molecule has 3 aromatic carbocycles. The minimum atomic E-state index is -0.242. The van der Waals surface area contributed by atoms with Gasteiger partial charge in [-0.1, -0.05) is 48.0 Å². The normalized spacial score (nSPS) is 13.4. The van der Waals surface area contributed by atoms with Crippen LogP contribution in [0.15, 0.2) is 77.6 Å². The molecule has 1 aliphatic heterocycles. The summed E-state index contributed by atoms with van der Waals surface area (Å²) in [5, 5.41) is 3.98. The second kappa shape index (κ2) is 9.08. The lowest BCUT2D eigenvalue weighted by molar-refractivity contribution is 0.0951. The Bertz CT molecular complexity index is 1380. The van der Waals surface area contributed by atoms with E-state index in [9.17, 15) is 9.59 Å². The van der Waals surface area contributed by atoms with Gasteiger partial charge in [0.15, 0.2) is 0 Å². The lowest BCUT2D eigenvalue weighted by Gasteiger charge is -2.22. The number of anilines is 1. The van der Waals surface area contributed by atoms with E-state index in [0.29, 0.717) is 34.0 Å². The van der Waals surface area contributed by atoms with Crippen LogP contribution in [-0.2, 0) is 6.54 Å². The predicted molar refractivity (Wildman–Crippen MR) is 131 cm³/mol. The molecule has 1 N–H and O–H groups in total. The molecular formula is C26H23ClN4O2. The molecule has 33 heavy (non-hydrogen) atoms.